The summed E-state index contributed by atoms with van der Waals surface area (Å²) in [6.45, 7) is 9.36. The van der Waals surface area contributed by atoms with E-state index in [0.29, 0.717) is 12.6 Å². The summed E-state index contributed by atoms with van der Waals surface area (Å²) < 4.78 is 13.2. The van der Waals surface area contributed by atoms with Gasteiger partial charge in [0.15, 0.2) is 0 Å². The standard InChI is InChI=1S/C25H31FN4/c1-25(2,3)29-20-12-14-30(15-13-20)23-16-24(28-22-7-5-4-6-21(22)23)27-17-18-8-10-19(26)11-9-18/h4-11,16,20,29H,12-15,17H2,1-3H3,(H,27,28). The first-order valence-corrected chi connectivity index (χ1v) is 10.8. The lowest BCUT2D eigenvalue weighted by Crippen LogP contribution is -2.49. The molecule has 0 aliphatic carbocycles. The van der Waals surface area contributed by atoms with Crippen LogP contribution in [0.2, 0.25) is 0 Å². The maximum absolute atomic E-state index is 13.2. The predicted octanol–water partition coefficient (Wildman–Crippen LogP) is 5.34. The van der Waals surface area contributed by atoms with E-state index in [-0.39, 0.29) is 11.4 Å². The number of benzene rings is 2. The van der Waals surface area contributed by atoms with Gasteiger partial charge in [-0.3, -0.25) is 0 Å². The van der Waals surface area contributed by atoms with Crippen LogP contribution in [0.25, 0.3) is 10.9 Å². The topological polar surface area (TPSA) is 40.2 Å². The van der Waals surface area contributed by atoms with Gasteiger partial charge in [0.25, 0.3) is 0 Å². The molecule has 158 valence electrons. The SMILES string of the molecule is CC(C)(C)NC1CCN(c2cc(NCc3ccc(F)cc3)nc3ccccc23)CC1. The Balaban J connectivity index is 1.53. The van der Waals surface area contributed by atoms with Crippen molar-refractivity contribution in [3.05, 3.63) is 66.0 Å². The number of hydrogen-bond donors (Lipinski definition) is 2. The fourth-order valence-corrected chi connectivity index (χ4v) is 4.18. The maximum Gasteiger partial charge on any atom is 0.129 e. The minimum Gasteiger partial charge on any atom is -0.371 e. The molecule has 2 N–H and O–H groups in total. The molecule has 0 bridgehead atoms. The molecule has 2 aromatic carbocycles. The summed E-state index contributed by atoms with van der Waals surface area (Å²) in [7, 11) is 0. The number of nitrogens with zero attached hydrogens (tertiary/aromatic N) is 2. The first kappa shape index (κ1) is 20.6. The molecule has 30 heavy (non-hydrogen) atoms. The van der Waals surface area contributed by atoms with Crippen LogP contribution in [-0.4, -0.2) is 29.7 Å². The van der Waals surface area contributed by atoms with Crippen molar-refractivity contribution in [3.63, 3.8) is 0 Å². The van der Waals surface area contributed by atoms with Gasteiger partial charge in [0.1, 0.15) is 11.6 Å². The minimum absolute atomic E-state index is 0.146. The zero-order valence-corrected chi connectivity index (χ0v) is 18.1. The summed E-state index contributed by atoms with van der Waals surface area (Å²) in [5, 5.41) is 8.35. The molecular weight excluding hydrogens is 375 g/mol. The largest absolute Gasteiger partial charge is 0.371 e. The van der Waals surface area contributed by atoms with Crippen LogP contribution < -0.4 is 15.5 Å². The van der Waals surface area contributed by atoms with E-state index in [4.69, 9.17) is 4.98 Å². The monoisotopic (exact) mass is 406 g/mol. The average Bonchev–Trinajstić information content (AvgIpc) is 2.72. The zero-order valence-electron chi connectivity index (χ0n) is 18.1. The second kappa shape index (κ2) is 8.60. The third-order valence-electron chi connectivity index (χ3n) is 5.55. The van der Waals surface area contributed by atoms with Crippen molar-refractivity contribution in [2.45, 2.75) is 51.7 Å². The molecule has 4 rings (SSSR count). The Morgan fingerprint density at radius 2 is 1.73 bits per heavy atom. The number of piperidine rings is 1. The number of anilines is 2. The van der Waals surface area contributed by atoms with Crippen molar-refractivity contribution in [2.75, 3.05) is 23.3 Å². The van der Waals surface area contributed by atoms with Crippen molar-refractivity contribution in [3.8, 4) is 0 Å². The lowest BCUT2D eigenvalue weighted by Gasteiger charge is -2.37. The van der Waals surface area contributed by atoms with E-state index in [1.54, 1.807) is 12.1 Å². The Hall–Kier alpha value is -2.66. The Morgan fingerprint density at radius 1 is 1.03 bits per heavy atom. The number of halogens is 1. The van der Waals surface area contributed by atoms with Crippen LogP contribution in [0.3, 0.4) is 0 Å². The van der Waals surface area contributed by atoms with Crippen molar-refractivity contribution in [1.29, 1.82) is 0 Å². The summed E-state index contributed by atoms with van der Waals surface area (Å²) in [6, 6.07) is 17.6. The van der Waals surface area contributed by atoms with E-state index in [1.165, 1.54) is 23.2 Å². The highest BCUT2D eigenvalue weighted by atomic mass is 19.1. The fourth-order valence-electron chi connectivity index (χ4n) is 4.18. The van der Waals surface area contributed by atoms with E-state index in [1.807, 2.05) is 6.07 Å². The van der Waals surface area contributed by atoms with E-state index in [9.17, 15) is 4.39 Å². The number of fused-ring (bicyclic) bond motifs is 1. The number of nitrogens with one attached hydrogen (secondary N) is 2. The third kappa shape index (κ3) is 5.08. The average molecular weight is 407 g/mol. The van der Waals surface area contributed by atoms with Crippen molar-refractivity contribution in [2.24, 2.45) is 0 Å². The van der Waals surface area contributed by atoms with Crippen LogP contribution in [-0.2, 0) is 6.54 Å². The molecule has 4 nitrogen and oxygen atoms in total. The van der Waals surface area contributed by atoms with Gasteiger partial charge in [-0.25, -0.2) is 9.37 Å². The Labute approximate surface area is 178 Å². The van der Waals surface area contributed by atoms with Gasteiger partial charge in [0, 0.05) is 48.4 Å². The van der Waals surface area contributed by atoms with Gasteiger partial charge in [-0.05, 0) is 57.4 Å². The van der Waals surface area contributed by atoms with Crippen molar-refractivity contribution >= 4 is 22.4 Å². The Morgan fingerprint density at radius 3 is 2.43 bits per heavy atom. The van der Waals surface area contributed by atoms with Crippen LogP contribution in [0.1, 0.15) is 39.2 Å². The number of pyridine rings is 1. The van der Waals surface area contributed by atoms with Gasteiger partial charge in [-0.2, -0.15) is 0 Å². The maximum atomic E-state index is 13.2. The summed E-state index contributed by atoms with van der Waals surface area (Å²) >= 11 is 0. The number of aromatic nitrogens is 1. The Kier molecular flexibility index (Phi) is 5.91. The molecule has 1 aromatic heterocycles. The zero-order chi connectivity index (χ0) is 21.1. The van der Waals surface area contributed by atoms with Crippen LogP contribution in [0, 0.1) is 5.82 Å². The summed E-state index contributed by atoms with van der Waals surface area (Å²) in [5.74, 6) is 0.636. The second-order valence-electron chi connectivity index (χ2n) is 9.18. The molecule has 0 saturated carbocycles. The van der Waals surface area contributed by atoms with Gasteiger partial charge in [-0.1, -0.05) is 30.3 Å². The first-order valence-electron chi connectivity index (χ1n) is 10.8. The van der Waals surface area contributed by atoms with Gasteiger partial charge >= 0.3 is 0 Å². The predicted molar refractivity (Wildman–Crippen MR) is 124 cm³/mol. The van der Waals surface area contributed by atoms with Crippen molar-refractivity contribution < 1.29 is 4.39 Å². The highest BCUT2D eigenvalue weighted by Gasteiger charge is 2.24. The molecule has 1 aliphatic heterocycles. The lowest BCUT2D eigenvalue weighted by atomic mass is 9.99. The number of hydrogen-bond acceptors (Lipinski definition) is 4. The third-order valence-corrected chi connectivity index (χ3v) is 5.55. The van der Waals surface area contributed by atoms with E-state index < -0.39 is 0 Å². The normalized spacial score (nSPS) is 15.5. The van der Waals surface area contributed by atoms with Gasteiger partial charge in [0.05, 0.1) is 5.52 Å². The summed E-state index contributed by atoms with van der Waals surface area (Å²) in [5.41, 5.74) is 3.40. The quantitative estimate of drug-likeness (QED) is 0.600. The van der Waals surface area contributed by atoms with E-state index in [2.05, 4.69) is 60.6 Å². The van der Waals surface area contributed by atoms with Crippen LogP contribution in [0.5, 0.6) is 0 Å². The molecule has 3 aromatic rings. The lowest BCUT2D eigenvalue weighted by molar-refractivity contribution is 0.317. The second-order valence-corrected chi connectivity index (χ2v) is 9.18. The molecule has 1 saturated heterocycles. The van der Waals surface area contributed by atoms with Crippen LogP contribution in [0.4, 0.5) is 15.9 Å². The molecule has 2 heterocycles. The molecule has 5 heteroatoms. The van der Waals surface area contributed by atoms with E-state index >= 15 is 0 Å². The summed E-state index contributed by atoms with van der Waals surface area (Å²) in [4.78, 5) is 7.28. The summed E-state index contributed by atoms with van der Waals surface area (Å²) in [6.07, 6.45) is 2.26. The van der Waals surface area contributed by atoms with Gasteiger partial charge in [0.2, 0.25) is 0 Å². The molecular formula is C25H31FN4. The van der Waals surface area contributed by atoms with Crippen LogP contribution in [0.15, 0.2) is 54.6 Å². The molecule has 0 radical (unpaired) electrons. The molecule has 0 atom stereocenters. The molecule has 1 fully saturated rings. The van der Waals surface area contributed by atoms with Crippen LogP contribution >= 0.6 is 0 Å². The molecule has 0 spiro atoms. The van der Waals surface area contributed by atoms with Gasteiger partial charge in [-0.15, -0.1) is 0 Å². The van der Waals surface area contributed by atoms with E-state index in [0.717, 1.165) is 42.8 Å². The fraction of sp³-hybridized carbons (Fsp3) is 0.400. The number of para-hydroxylation sites is 1. The molecule has 1 aliphatic rings. The Bertz CT molecular complexity index is 986. The highest BCUT2D eigenvalue weighted by molar-refractivity contribution is 5.93. The number of rotatable bonds is 5. The smallest absolute Gasteiger partial charge is 0.129 e. The van der Waals surface area contributed by atoms with Gasteiger partial charge < -0.3 is 15.5 Å². The highest BCUT2D eigenvalue weighted by Crippen LogP contribution is 2.31. The molecule has 0 unspecified atom stereocenters. The minimum atomic E-state index is -0.214. The van der Waals surface area contributed by atoms with Crippen molar-refractivity contribution in [1.82, 2.24) is 10.3 Å². The first-order chi connectivity index (χ1) is 14.4. The molecule has 0 amide bonds.